The molecule has 0 fully saturated rings. The van der Waals surface area contributed by atoms with Crippen molar-refractivity contribution in [3.05, 3.63) is 46.8 Å². The molecule has 0 atom stereocenters. The zero-order valence-electron chi connectivity index (χ0n) is 12.7. The lowest BCUT2D eigenvalue weighted by atomic mass is 10.1. The van der Waals surface area contributed by atoms with E-state index in [0.29, 0.717) is 12.2 Å². The van der Waals surface area contributed by atoms with Gasteiger partial charge in [-0.3, -0.25) is 9.89 Å². The molecule has 2 aromatic rings. The van der Waals surface area contributed by atoms with E-state index in [1.165, 1.54) is 6.07 Å². The van der Waals surface area contributed by atoms with Crippen LogP contribution >= 0.6 is 12.4 Å². The van der Waals surface area contributed by atoms with Crippen LogP contribution in [0.2, 0.25) is 0 Å². The van der Waals surface area contributed by atoms with E-state index in [-0.39, 0.29) is 37.2 Å². The van der Waals surface area contributed by atoms with E-state index in [1.807, 2.05) is 0 Å². The number of carbonyl (C=O) groups is 1. The van der Waals surface area contributed by atoms with Crippen LogP contribution in [0.4, 0.5) is 8.78 Å². The van der Waals surface area contributed by atoms with E-state index in [0.717, 1.165) is 36.4 Å². The number of hydrogen-bond donors (Lipinski definition) is 3. The van der Waals surface area contributed by atoms with Crippen molar-refractivity contribution in [2.45, 2.75) is 13.0 Å². The van der Waals surface area contributed by atoms with E-state index < -0.39 is 11.6 Å². The van der Waals surface area contributed by atoms with Crippen LogP contribution in [0.5, 0.6) is 5.75 Å². The first kappa shape index (κ1) is 18.2. The molecule has 130 valence electrons. The second kappa shape index (κ2) is 8.07. The van der Waals surface area contributed by atoms with Crippen LogP contribution in [-0.4, -0.2) is 35.8 Å². The molecule has 1 aromatic carbocycles. The van der Waals surface area contributed by atoms with Crippen molar-refractivity contribution in [3.63, 3.8) is 0 Å². The summed E-state index contributed by atoms with van der Waals surface area (Å²) in [5, 5.41) is 12.8. The molecule has 0 aliphatic carbocycles. The highest BCUT2D eigenvalue weighted by atomic mass is 35.5. The highest BCUT2D eigenvalue weighted by Crippen LogP contribution is 2.16. The molecule has 3 rings (SSSR count). The Hall–Kier alpha value is -2.19. The Bertz CT molecular complexity index is 723. The van der Waals surface area contributed by atoms with Crippen molar-refractivity contribution < 1.29 is 18.3 Å². The van der Waals surface area contributed by atoms with Crippen molar-refractivity contribution >= 4 is 18.3 Å². The lowest BCUT2D eigenvalue weighted by Crippen LogP contribution is -2.31. The predicted octanol–water partition coefficient (Wildman–Crippen LogP) is 1.56. The molecule has 0 radical (unpaired) electrons. The van der Waals surface area contributed by atoms with Crippen LogP contribution in [0.15, 0.2) is 18.2 Å². The maximum absolute atomic E-state index is 13.0. The number of H-pyrrole nitrogens is 1. The van der Waals surface area contributed by atoms with Crippen molar-refractivity contribution in [2.24, 2.45) is 0 Å². The average Bonchev–Trinajstić information content (AvgIpc) is 2.99. The Balaban J connectivity index is 0.00000208. The number of rotatable bonds is 5. The monoisotopic (exact) mass is 358 g/mol. The maximum Gasteiger partial charge on any atom is 0.272 e. The van der Waals surface area contributed by atoms with E-state index in [9.17, 15) is 13.6 Å². The number of hydrogen-bond acceptors (Lipinski definition) is 4. The normalized spacial score (nSPS) is 12.9. The Morgan fingerprint density at radius 2 is 2.17 bits per heavy atom. The summed E-state index contributed by atoms with van der Waals surface area (Å²) in [6.07, 6.45) is 0.814. The zero-order valence-corrected chi connectivity index (χ0v) is 13.5. The molecule has 1 aromatic heterocycles. The second-order valence-electron chi connectivity index (χ2n) is 5.14. The zero-order chi connectivity index (χ0) is 16.2. The number of nitrogens with one attached hydrogen (secondary N) is 3. The molecule has 6 nitrogen and oxygen atoms in total. The molecule has 9 heteroatoms. The average molecular weight is 359 g/mol. The third-order valence-corrected chi connectivity index (χ3v) is 3.57. The fourth-order valence-electron chi connectivity index (χ4n) is 2.40. The number of aromatic nitrogens is 2. The Morgan fingerprint density at radius 1 is 1.33 bits per heavy atom. The van der Waals surface area contributed by atoms with E-state index in [1.54, 1.807) is 0 Å². The molecule has 0 saturated carbocycles. The highest BCUT2D eigenvalue weighted by molar-refractivity contribution is 5.94. The summed E-state index contributed by atoms with van der Waals surface area (Å²) in [5.41, 5.74) is 2.24. The fourth-order valence-corrected chi connectivity index (χ4v) is 2.40. The number of aromatic amines is 1. The largest absolute Gasteiger partial charge is 0.492 e. The van der Waals surface area contributed by atoms with E-state index in [2.05, 4.69) is 20.8 Å². The number of benzene rings is 1. The van der Waals surface area contributed by atoms with Gasteiger partial charge in [0.2, 0.25) is 0 Å². The van der Waals surface area contributed by atoms with E-state index >= 15 is 0 Å². The minimum Gasteiger partial charge on any atom is -0.492 e. The van der Waals surface area contributed by atoms with Gasteiger partial charge in [-0.05, 0) is 12.1 Å². The summed E-state index contributed by atoms with van der Waals surface area (Å²) in [5.74, 6) is -1.98. The summed E-state index contributed by atoms with van der Waals surface area (Å²) < 4.78 is 31.1. The molecule has 3 N–H and O–H groups in total. The molecule has 1 amide bonds. The van der Waals surface area contributed by atoms with Crippen molar-refractivity contribution in [1.82, 2.24) is 20.8 Å². The smallest absolute Gasteiger partial charge is 0.272 e. The maximum atomic E-state index is 13.0. The van der Waals surface area contributed by atoms with Gasteiger partial charge < -0.3 is 15.4 Å². The molecular formula is C15H17ClF2N4O2. The number of carbonyl (C=O) groups excluding carboxylic acids is 1. The lowest BCUT2D eigenvalue weighted by molar-refractivity contribution is 0.0940. The first-order chi connectivity index (χ1) is 11.1. The summed E-state index contributed by atoms with van der Waals surface area (Å²) >= 11 is 0. The summed E-state index contributed by atoms with van der Waals surface area (Å²) in [6.45, 7) is 1.84. The van der Waals surface area contributed by atoms with Crippen LogP contribution in [0.3, 0.4) is 0 Å². The Labute approximate surface area is 143 Å². The van der Waals surface area contributed by atoms with Gasteiger partial charge in [-0.1, -0.05) is 0 Å². The van der Waals surface area contributed by atoms with Crippen molar-refractivity contribution in [2.75, 3.05) is 19.7 Å². The van der Waals surface area contributed by atoms with Gasteiger partial charge in [0, 0.05) is 36.8 Å². The molecule has 1 aliphatic heterocycles. The lowest BCUT2D eigenvalue weighted by Gasteiger charge is -2.13. The first-order valence-electron chi connectivity index (χ1n) is 7.28. The Morgan fingerprint density at radius 3 is 2.96 bits per heavy atom. The summed E-state index contributed by atoms with van der Waals surface area (Å²) in [6, 6.07) is 3.29. The van der Waals surface area contributed by atoms with Crippen LogP contribution < -0.4 is 15.4 Å². The second-order valence-corrected chi connectivity index (χ2v) is 5.14. The molecule has 24 heavy (non-hydrogen) atoms. The molecular weight excluding hydrogens is 342 g/mol. The minimum absolute atomic E-state index is 0. The SMILES string of the molecule is Cl.O=C(NCCOc1ccc(F)c(F)c1)c1n[nH]c2c1CNCC2. The third kappa shape index (κ3) is 4.01. The molecule has 1 aliphatic rings. The van der Waals surface area contributed by atoms with Gasteiger partial charge in [0.05, 0.1) is 6.54 Å². The van der Waals surface area contributed by atoms with Gasteiger partial charge in [-0.15, -0.1) is 12.4 Å². The first-order valence-corrected chi connectivity index (χ1v) is 7.28. The van der Waals surface area contributed by atoms with Gasteiger partial charge in [0.1, 0.15) is 12.4 Å². The van der Waals surface area contributed by atoms with Gasteiger partial charge in [0.15, 0.2) is 17.3 Å². The van der Waals surface area contributed by atoms with Gasteiger partial charge >= 0.3 is 0 Å². The Kier molecular flexibility index (Phi) is 6.10. The number of halogens is 3. The molecule has 0 saturated heterocycles. The summed E-state index contributed by atoms with van der Waals surface area (Å²) in [7, 11) is 0. The van der Waals surface area contributed by atoms with Crippen molar-refractivity contribution in [1.29, 1.82) is 0 Å². The molecule has 0 bridgehead atoms. The molecule has 2 heterocycles. The fraction of sp³-hybridized carbons (Fsp3) is 0.333. The van der Waals surface area contributed by atoms with Gasteiger partial charge in [-0.2, -0.15) is 5.10 Å². The standard InChI is InChI=1S/C15H16F2N4O2.ClH/c16-11-2-1-9(7-12(11)17)23-6-5-19-15(22)14-10-8-18-4-3-13(10)20-21-14;/h1-2,7,18H,3-6,8H2,(H,19,22)(H,20,21);1H. The van der Waals surface area contributed by atoms with Gasteiger partial charge in [0.25, 0.3) is 5.91 Å². The highest BCUT2D eigenvalue weighted by Gasteiger charge is 2.21. The minimum atomic E-state index is -0.970. The number of fused-ring (bicyclic) bond motifs is 1. The summed E-state index contributed by atoms with van der Waals surface area (Å²) in [4.78, 5) is 12.1. The topological polar surface area (TPSA) is 79.0 Å². The van der Waals surface area contributed by atoms with Crippen LogP contribution in [0.25, 0.3) is 0 Å². The van der Waals surface area contributed by atoms with Crippen LogP contribution in [0.1, 0.15) is 21.7 Å². The van der Waals surface area contributed by atoms with Crippen LogP contribution in [-0.2, 0) is 13.0 Å². The number of ether oxygens (including phenoxy) is 1. The third-order valence-electron chi connectivity index (χ3n) is 3.57. The number of amides is 1. The quantitative estimate of drug-likeness (QED) is 0.709. The van der Waals surface area contributed by atoms with Gasteiger partial charge in [-0.25, -0.2) is 8.78 Å². The predicted molar refractivity (Wildman–Crippen MR) is 85.4 cm³/mol. The number of nitrogens with zero attached hydrogens (tertiary/aromatic N) is 1. The molecule has 0 spiro atoms. The van der Waals surface area contributed by atoms with E-state index in [4.69, 9.17) is 4.74 Å². The van der Waals surface area contributed by atoms with Crippen LogP contribution in [0, 0.1) is 11.6 Å². The van der Waals surface area contributed by atoms with Crippen molar-refractivity contribution in [3.8, 4) is 5.75 Å². The molecule has 0 unspecified atom stereocenters.